The van der Waals surface area contributed by atoms with E-state index in [1.54, 1.807) is 6.92 Å². The van der Waals surface area contributed by atoms with Crippen molar-refractivity contribution in [1.29, 1.82) is 0 Å². The van der Waals surface area contributed by atoms with Crippen molar-refractivity contribution in [3.63, 3.8) is 0 Å². The van der Waals surface area contributed by atoms with Crippen LogP contribution in [0, 0.1) is 5.92 Å². The summed E-state index contributed by atoms with van der Waals surface area (Å²) in [6.45, 7) is 7.65. The number of ether oxygens (including phenoxy) is 1. The largest absolute Gasteiger partial charge is 0.450 e. The van der Waals surface area contributed by atoms with Crippen LogP contribution in [0.25, 0.3) is 0 Å². The highest BCUT2D eigenvalue weighted by Crippen LogP contribution is 2.12. The Morgan fingerprint density at radius 1 is 1.22 bits per heavy atom. The van der Waals surface area contributed by atoms with E-state index in [-0.39, 0.29) is 24.5 Å². The number of carbonyl (C=O) groups is 2. The molecule has 23 heavy (non-hydrogen) atoms. The topological polar surface area (TPSA) is 67.4 Å². The van der Waals surface area contributed by atoms with Crippen LogP contribution in [0.15, 0.2) is 24.3 Å². The number of nitrogens with one attached hydrogen (secondary N) is 2. The number of hydrogen-bond donors (Lipinski definition) is 2. The van der Waals surface area contributed by atoms with Gasteiger partial charge in [0.2, 0.25) is 5.91 Å². The molecule has 0 bridgehead atoms. The lowest BCUT2D eigenvalue weighted by molar-refractivity contribution is -0.124. The zero-order valence-corrected chi connectivity index (χ0v) is 14.8. The molecule has 0 spiro atoms. The standard InChI is InChI=1S/C17H25ClN2O3/c1-5-23-17(22)20-15(11(2)3)16(21)19-12(4)9-13-7-6-8-14(18)10-13/h6-8,10-12,15H,5,9H2,1-4H3,(H,19,21)(H,20,22)/t12-,15-/m1/s1. The van der Waals surface area contributed by atoms with Gasteiger partial charge in [0.05, 0.1) is 6.61 Å². The highest BCUT2D eigenvalue weighted by molar-refractivity contribution is 6.30. The Bertz CT molecular complexity index is 534. The molecule has 2 atom stereocenters. The van der Waals surface area contributed by atoms with Crippen LogP contribution in [0.3, 0.4) is 0 Å². The van der Waals surface area contributed by atoms with Crippen LogP contribution >= 0.6 is 11.6 Å². The SMILES string of the molecule is CCOC(=O)N[C@@H](C(=O)N[C@H](C)Cc1cccc(Cl)c1)C(C)C. The summed E-state index contributed by atoms with van der Waals surface area (Å²) < 4.78 is 4.84. The number of amides is 2. The molecule has 1 aromatic carbocycles. The molecule has 6 heteroatoms. The van der Waals surface area contributed by atoms with E-state index in [4.69, 9.17) is 16.3 Å². The van der Waals surface area contributed by atoms with E-state index >= 15 is 0 Å². The van der Waals surface area contributed by atoms with Crippen molar-refractivity contribution in [1.82, 2.24) is 10.6 Å². The third kappa shape index (κ3) is 6.91. The maximum absolute atomic E-state index is 12.4. The summed E-state index contributed by atoms with van der Waals surface area (Å²) >= 11 is 5.96. The number of carbonyl (C=O) groups excluding carboxylic acids is 2. The van der Waals surface area contributed by atoms with Gasteiger partial charge in [-0.3, -0.25) is 4.79 Å². The lowest BCUT2D eigenvalue weighted by atomic mass is 10.0. The van der Waals surface area contributed by atoms with Gasteiger partial charge in [-0.05, 0) is 43.9 Å². The monoisotopic (exact) mass is 340 g/mol. The number of hydrogen-bond acceptors (Lipinski definition) is 3. The molecule has 0 aromatic heterocycles. The van der Waals surface area contributed by atoms with Crippen molar-refractivity contribution in [2.75, 3.05) is 6.61 Å². The normalized spacial score (nSPS) is 13.3. The molecule has 1 rings (SSSR count). The summed E-state index contributed by atoms with van der Waals surface area (Å²) in [6.07, 6.45) is 0.0834. The minimum atomic E-state index is -0.629. The van der Waals surface area contributed by atoms with Crippen molar-refractivity contribution in [2.24, 2.45) is 5.92 Å². The Labute approximate surface area is 142 Å². The van der Waals surface area contributed by atoms with Gasteiger partial charge >= 0.3 is 6.09 Å². The van der Waals surface area contributed by atoms with E-state index in [1.807, 2.05) is 45.0 Å². The smallest absolute Gasteiger partial charge is 0.407 e. The van der Waals surface area contributed by atoms with Crippen molar-refractivity contribution in [2.45, 2.75) is 46.2 Å². The highest BCUT2D eigenvalue weighted by Gasteiger charge is 2.25. The second kappa shape index (κ2) is 9.40. The van der Waals surface area contributed by atoms with E-state index in [0.29, 0.717) is 11.4 Å². The van der Waals surface area contributed by atoms with Gasteiger partial charge in [0.15, 0.2) is 0 Å². The lowest BCUT2D eigenvalue weighted by Gasteiger charge is -2.23. The van der Waals surface area contributed by atoms with Gasteiger partial charge in [0.25, 0.3) is 0 Å². The van der Waals surface area contributed by atoms with Crippen LogP contribution in [0.1, 0.15) is 33.3 Å². The van der Waals surface area contributed by atoms with Crippen LogP contribution in [0.4, 0.5) is 4.79 Å². The lowest BCUT2D eigenvalue weighted by Crippen LogP contribution is -2.52. The van der Waals surface area contributed by atoms with Gasteiger partial charge in [-0.15, -0.1) is 0 Å². The van der Waals surface area contributed by atoms with E-state index in [1.165, 1.54) is 0 Å². The molecular weight excluding hydrogens is 316 g/mol. The average molecular weight is 341 g/mol. The third-order valence-corrected chi connectivity index (χ3v) is 3.55. The summed E-state index contributed by atoms with van der Waals surface area (Å²) in [4.78, 5) is 23.9. The number of alkyl carbamates (subject to hydrolysis) is 1. The molecule has 0 radical (unpaired) electrons. The van der Waals surface area contributed by atoms with E-state index in [9.17, 15) is 9.59 Å². The van der Waals surface area contributed by atoms with Crippen LogP contribution in [0.5, 0.6) is 0 Å². The maximum atomic E-state index is 12.4. The van der Waals surface area contributed by atoms with Gasteiger partial charge in [0.1, 0.15) is 6.04 Å². The third-order valence-electron chi connectivity index (χ3n) is 3.32. The molecule has 1 aromatic rings. The Kier molecular flexibility index (Phi) is 7.89. The molecule has 0 saturated heterocycles. The van der Waals surface area contributed by atoms with Gasteiger partial charge in [0, 0.05) is 11.1 Å². The summed E-state index contributed by atoms with van der Waals surface area (Å²) in [5, 5.41) is 6.20. The Hall–Kier alpha value is -1.75. The first-order valence-electron chi connectivity index (χ1n) is 7.81. The predicted octanol–water partition coefficient (Wildman–Crippen LogP) is 3.16. The highest BCUT2D eigenvalue weighted by atomic mass is 35.5. The van der Waals surface area contributed by atoms with Gasteiger partial charge in [-0.2, -0.15) is 0 Å². The van der Waals surface area contributed by atoms with E-state index in [0.717, 1.165) is 5.56 Å². The van der Waals surface area contributed by atoms with Gasteiger partial charge in [-0.1, -0.05) is 37.6 Å². The van der Waals surface area contributed by atoms with E-state index in [2.05, 4.69) is 10.6 Å². The second-order valence-electron chi connectivity index (χ2n) is 5.83. The number of halogens is 1. The fourth-order valence-electron chi connectivity index (χ4n) is 2.24. The summed E-state index contributed by atoms with van der Waals surface area (Å²) in [7, 11) is 0. The quantitative estimate of drug-likeness (QED) is 0.801. The Balaban J connectivity index is 2.61. The van der Waals surface area contributed by atoms with Crippen LogP contribution < -0.4 is 10.6 Å². The second-order valence-corrected chi connectivity index (χ2v) is 6.27. The zero-order chi connectivity index (χ0) is 17.4. The molecule has 0 saturated carbocycles. The van der Waals surface area contributed by atoms with Crippen LogP contribution in [-0.2, 0) is 16.0 Å². The first-order chi connectivity index (χ1) is 10.8. The minimum Gasteiger partial charge on any atom is -0.450 e. The molecule has 128 valence electrons. The molecule has 2 N–H and O–H groups in total. The maximum Gasteiger partial charge on any atom is 0.407 e. The van der Waals surface area contributed by atoms with Gasteiger partial charge < -0.3 is 15.4 Å². The molecule has 0 heterocycles. The molecule has 0 aliphatic heterocycles. The first kappa shape index (κ1) is 19.3. The molecule has 0 aliphatic carbocycles. The molecule has 0 unspecified atom stereocenters. The van der Waals surface area contributed by atoms with Crippen molar-refractivity contribution in [3.8, 4) is 0 Å². The molecule has 5 nitrogen and oxygen atoms in total. The Morgan fingerprint density at radius 3 is 2.48 bits per heavy atom. The van der Waals surface area contributed by atoms with Crippen molar-refractivity contribution >= 4 is 23.6 Å². The average Bonchev–Trinajstić information content (AvgIpc) is 2.44. The molecular formula is C17H25ClN2O3. The predicted molar refractivity (Wildman–Crippen MR) is 91.5 cm³/mol. The number of benzene rings is 1. The molecule has 0 aliphatic rings. The van der Waals surface area contributed by atoms with Crippen molar-refractivity contribution < 1.29 is 14.3 Å². The fourth-order valence-corrected chi connectivity index (χ4v) is 2.45. The molecule has 0 fully saturated rings. The summed E-state index contributed by atoms with van der Waals surface area (Å²) in [5.74, 6) is -0.264. The van der Waals surface area contributed by atoms with E-state index < -0.39 is 12.1 Å². The minimum absolute atomic E-state index is 0.0437. The van der Waals surface area contributed by atoms with Crippen molar-refractivity contribution in [3.05, 3.63) is 34.9 Å². The number of rotatable bonds is 7. The molecule has 2 amide bonds. The van der Waals surface area contributed by atoms with Crippen LogP contribution in [-0.4, -0.2) is 30.7 Å². The van der Waals surface area contributed by atoms with Crippen LogP contribution in [0.2, 0.25) is 5.02 Å². The fraction of sp³-hybridized carbons (Fsp3) is 0.529. The zero-order valence-electron chi connectivity index (χ0n) is 14.1. The first-order valence-corrected chi connectivity index (χ1v) is 8.19. The van der Waals surface area contributed by atoms with Gasteiger partial charge in [-0.25, -0.2) is 4.79 Å². The Morgan fingerprint density at radius 2 is 1.91 bits per heavy atom. The summed E-state index contributed by atoms with van der Waals surface area (Å²) in [5.41, 5.74) is 1.05. The summed E-state index contributed by atoms with van der Waals surface area (Å²) in [6, 6.07) is 6.83.